The van der Waals surface area contributed by atoms with Crippen LogP contribution in [0.3, 0.4) is 0 Å². The third-order valence-electron chi connectivity index (χ3n) is 3.72. The largest absolute Gasteiger partial charge is 0.376 e. The molecule has 3 nitrogen and oxygen atoms in total. The van der Waals surface area contributed by atoms with Crippen LogP contribution < -0.4 is 5.73 Å². The van der Waals surface area contributed by atoms with Gasteiger partial charge in [0, 0.05) is 28.6 Å². The summed E-state index contributed by atoms with van der Waals surface area (Å²) in [6.07, 6.45) is 4.40. The molecule has 1 aromatic carbocycles. The summed E-state index contributed by atoms with van der Waals surface area (Å²) in [5, 5.41) is 1.34. The Morgan fingerprint density at radius 2 is 2.22 bits per heavy atom. The van der Waals surface area contributed by atoms with E-state index in [4.69, 9.17) is 10.5 Å². The Bertz CT molecular complexity index is 545. The van der Waals surface area contributed by atoms with E-state index in [1.54, 1.807) is 0 Å². The summed E-state index contributed by atoms with van der Waals surface area (Å²) < 4.78 is 5.56. The summed E-state index contributed by atoms with van der Waals surface area (Å²) in [4.78, 5) is 3.51. The molecule has 2 aromatic rings. The molecule has 3 N–H and O–H groups in total. The fourth-order valence-corrected chi connectivity index (χ4v) is 2.71. The minimum absolute atomic E-state index is 0.752. The van der Waals surface area contributed by atoms with Gasteiger partial charge in [0.1, 0.15) is 0 Å². The summed E-state index contributed by atoms with van der Waals surface area (Å²) in [7, 11) is 0. The van der Waals surface area contributed by atoms with Crippen molar-refractivity contribution in [2.75, 3.05) is 13.2 Å². The van der Waals surface area contributed by atoms with E-state index in [0.29, 0.717) is 0 Å². The Balaban J connectivity index is 1.90. The number of fused-ring (bicyclic) bond motifs is 3. The Hall–Kier alpha value is -1.32. The molecule has 3 heteroatoms. The number of aryl methyl sites for hydroxylation is 1. The van der Waals surface area contributed by atoms with Gasteiger partial charge in [0.2, 0.25) is 0 Å². The highest BCUT2D eigenvalue weighted by atomic mass is 16.5. The molecule has 96 valence electrons. The van der Waals surface area contributed by atoms with Crippen LogP contribution in [0.1, 0.15) is 29.7 Å². The molecule has 0 saturated heterocycles. The zero-order valence-corrected chi connectivity index (χ0v) is 10.7. The Morgan fingerprint density at radius 1 is 1.28 bits per heavy atom. The number of H-pyrrole nitrogens is 1. The van der Waals surface area contributed by atoms with Gasteiger partial charge in [0.25, 0.3) is 0 Å². The van der Waals surface area contributed by atoms with Gasteiger partial charge >= 0.3 is 0 Å². The molecule has 0 unspecified atom stereocenters. The predicted octanol–water partition coefficient (Wildman–Crippen LogP) is 2.52. The van der Waals surface area contributed by atoms with Crippen molar-refractivity contribution in [1.82, 2.24) is 4.98 Å². The number of hydrogen-bond acceptors (Lipinski definition) is 2. The average molecular weight is 244 g/mol. The van der Waals surface area contributed by atoms with Gasteiger partial charge in [-0.2, -0.15) is 0 Å². The van der Waals surface area contributed by atoms with Crippen molar-refractivity contribution in [3.05, 3.63) is 35.0 Å². The van der Waals surface area contributed by atoms with Crippen LogP contribution in [0.4, 0.5) is 0 Å². The number of aromatic nitrogens is 1. The van der Waals surface area contributed by atoms with Crippen molar-refractivity contribution in [2.24, 2.45) is 5.73 Å². The maximum absolute atomic E-state index is 5.56. The highest BCUT2D eigenvalue weighted by Gasteiger charge is 2.15. The van der Waals surface area contributed by atoms with Crippen molar-refractivity contribution in [1.29, 1.82) is 0 Å². The van der Waals surface area contributed by atoms with Crippen LogP contribution in [0.5, 0.6) is 0 Å². The summed E-state index contributed by atoms with van der Waals surface area (Å²) in [6.45, 7) is 2.38. The van der Waals surface area contributed by atoms with E-state index in [2.05, 4.69) is 23.2 Å². The summed E-state index contributed by atoms with van der Waals surface area (Å²) in [5.74, 6) is 0. The number of aromatic amines is 1. The summed E-state index contributed by atoms with van der Waals surface area (Å²) >= 11 is 0. The number of benzene rings is 1. The molecular weight excluding hydrogens is 224 g/mol. The molecule has 0 fully saturated rings. The number of nitrogens with one attached hydrogen (secondary N) is 1. The molecule has 0 aliphatic carbocycles. The Labute approximate surface area is 107 Å². The molecule has 1 aliphatic rings. The number of ether oxygens (including phenoxy) is 1. The molecule has 0 saturated carbocycles. The lowest BCUT2D eigenvalue weighted by atomic mass is 10.0. The number of nitrogens with two attached hydrogens (primary N) is 1. The second kappa shape index (κ2) is 5.12. The van der Waals surface area contributed by atoms with E-state index >= 15 is 0 Å². The van der Waals surface area contributed by atoms with Crippen molar-refractivity contribution in [3.63, 3.8) is 0 Å². The normalized spacial score (nSPS) is 14.9. The third kappa shape index (κ3) is 2.16. The molecule has 3 rings (SSSR count). The number of unbranched alkanes of at least 4 members (excludes halogenated alkanes) is 1. The minimum atomic E-state index is 0.752. The molecule has 1 aliphatic heterocycles. The Morgan fingerprint density at radius 3 is 3.11 bits per heavy atom. The average Bonchev–Trinajstić information content (AvgIpc) is 2.77. The maximum atomic E-state index is 5.56. The first-order valence-corrected chi connectivity index (χ1v) is 6.78. The first kappa shape index (κ1) is 11.8. The van der Waals surface area contributed by atoms with E-state index in [9.17, 15) is 0 Å². The van der Waals surface area contributed by atoms with Gasteiger partial charge < -0.3 is 15.5 Å². The van der Waals surface area contributed by atoms with Gasteiger partial charge in [-0.15, -0.1) is 0 Å². The topological polar surface area (TPSA) is 51.0 Å². The molecule has 0 radical (unpaired) electrons. The van der Waals surface area contributed by atoms with Gasteiger partial charge in [-0.05, 0) is 43.5 Å². The van der Waals surface area contributed by atoms with Crippen LogP contribution in [-0.4, -0.2) is 18.1 Å². The third-order valence-corrected chi connectivity index (χ3v) is 3.72. The SMILES string of the molecule is NCCCCc1ccc2[nH]c3c(c2c1)COCC3. The zero-order chi connectivity index (χ0) is 12.4. The van der Waals surface area contributed by atoms with Crippen LogP contribution in [-0.2, 0) is 24.2 Å². The molecule has 0 spiro atoms. The maximum Gasteiger partial charge on any atom is 0.0740 e. The van der Waals surface area contributed by atoms with Crippen LogP contribution in [0.25, 0.3) is 10.9 Å². The van der Waals surface area contributed by atoms with Crippen LogP contribution in [0, 0.1) is 0 Å². The zero-order valence-electron chi connectivity index (χ0n) is 10.7. The van der Waals surface area contributed by atoms with Crippen molar-refractivity contribution in [2.45, 2.75) is 32.3 Å². The number of hydrogen-bond donors (Lipinski definition) is 2. The van der Waals surface area contributed by atoms with Gasteiger partial charge in [-0.1, -0.05) is 6.07 Å². The van der Waals surface area contributed by atoms with E-state index in [1.165, 1.54) is 34.1 Å². The molecule has 0 bridgehead atoms. The lowest BCUT2D eigenvalue weighted by Crippen LogP contribution is -2.08. The Kier molecular flexibility index (Phi) is 3.35. The van der Waals surface area contributed by atoms with Gasteiger partial charge in [0.15, 0.2) is 0 Å². The van der Waals surface area contributed by atoms with Crippen molar-refractivity contribution < 1.29 is 4.74 Å². The monoisotopic (exact) mass is 244 g/mol. The summed E-state index contributed by atoms with van der Waals surface area (Å²) in [5.41, 5.74) is 10.9. The van der Waals surface area contributed by atoms with Crippen LogP contribution in [0.2, 0.25) is 0 Å². The molecule has 0 atom stereocenters. The lowest BCUT2D eigenvalue weighted by Gasteiger charge is -2.12. The highest BCUT2D eigenvalue weighted by Crippen LogP contribution is 2.27. The predicted molar refractivity (Wildman–Crippen MR) is 73.7 cm³/mol. The van der Waals surface area contributed by atoms with E-state index in [-0.39, 0.29) is 0 Å². The molecule has 18 heavy (non-hydrogen) atoms. The lowest BCUT2D eigenvalue weighted by molar-refractivity contribution is 0.111. The van der Waals surface area contributed by atoms with Gasteiger partial charge in [0.05, 0.1) is 13.2 Å². The van der Waals surface area contributed by atoms with Gasteiger partial charge in [-0.25, -0.2) is 0 Å². The van der Waals surface area contributed by atoms with Crippen LogP contribution >= 0.6 is 0 Å². The minimum Gasteiger partial charge on any atom is -0.376 e. The quantitative estimate of drug-likeness (QED) is 0.812. The van der Waals surface area contributed by atoms with Gasteiger partial charge in [-0.3, -0.25) is 0 Å². The second-order valence-electron chi connectivity index (χ2n) is 5.01. The highest BCUT2D eigenvalue weighted by molar-refractivity contribution is 5.85. The smallest absolute Gasteiger partial charge is 0.0740 e. The first-order chi connectivity index (χ1) is 8.88. The molecule has 0 amide bonds. The molecular formula is C15H20N2O. The van der Waals surface area contributed by atoms with Crippen molar-refractivity contribution >= 4 is 10.9 Å². The van der Waals surface area contributed by atoms with Crippen molar-refractivity contribution in [3.8, 4) is 0 Å². The van der Waals surface area contributed by atoms with Crippen LogP contribution in [0.15, 0.2) is 18.2 Å². The standard InChI is InChI=1S/C15H20N2O/c16-7-2-1-3-11-4-5-14-12(9-11)13-10-18-8-6-15(13)17-14/h4-5,9,17H,1-3,6-8,10,16H2. The molecule has 1 aromatic heterocycles. The van der Waals surface area contributed by atoms with E-state index in [0.717, 1.165) is 39.0 Å². The first-order valence-electron chi connectivity index (χ1n) is 6.78. The fourth-order valence-electron chi connectivity index (χ4n) is 2.71. The van der Waals surface area contributed by atoms with E-state index < -0.39 is 0 Å². The summed E-state index contributed by atoms with van der Waals surface area (Å²) in [6, 6.07) is 6.74. The number of rotatable bonds is 4. The molecule has 2 heterocycles. The fraction of sp³-hybridized carbons (Fsp3) is 0.467. The second-order valence-corrected chi connectivity index (χ2v) is 5.01. The van der Waals surface area contributed by atoms with E-state index in [1.807, 2.05) is 0 Å².